The van der Waals surface area contributed by atoms with Gasteiger partial charge in [-0.3, -0.25) is 9.59 Å². The molecule has 1 amide bonds. The third-order valence-corrected chi connectivity index (χ3v) is 5.65. The van der Waals surface area contributed by atoms with Crippen molar-refractivity contribution >= 4 is 23.5 Å². The lowest BCUT2D eigenvalue weighted by molar-refractivity contribution is -0.311. The lowest BCUT2D eigenvalue weighted by Gasteiger charge is -2.40. The maximum atomic E-state index is 12.8. The number of benzene rings is 1. The Kier molecular flexibility index (Phi) is 5.49. The van der Waals surface area contributed by atoms with Gasteiger partial charge in [0.2, 0.25) is 5.91 Å². The quantitative estimate of drug-likeness (QED) is 0.664. The number of methoxy groups -OCH3 is 3. The Morgan fingerprint density at radius 1 is 1.23 bits per heavy atom. The van der Waals surface area contributed by atoms with Crippen LogP contribution in [0.4, 0.5) is 5.69 Å². The zero-order chi connectivity index (χ0) is 21.5. The molecule has 1 N–H and O–H groups in total. The van der Waals surface area contributed by atoms with Crippen LogP contribution in [-0.2, 0) is 42.8 Å². The van der Waals surface area contributed by atoms with E-state index in [1.165, 1.54) is 21.3 Å². The molecule has 30 heavy (non-hydrogen) atoms. The maximum Gasteiger partial charge on any atom is 0.367 e. The van der Waals surface area contributed by atoms with Crippen molar-refractivity contribution in [3.05, 3.63) is 29.8 Å². The van der Waals surface area contributed by atoms with Gasteiger partial charge in [0.05, 0.1) is 25.0 Å². The molecule has 0 radical (unpaired) electrons. The van der Waals surface area contributed by atoms with Crippen LogP contribution >= 0.6 is 0 Å². The van der Waals surface area contributed by atoms with Crippen molar-refractivity contribution in [2.75, 3.05) is 33.3 Å². The molecule has 0 saturated carbocycles. The van der Waals surface area contributed by atoms with Gasteiger partial charge < -0.3 is 33.7 Å². The Morgan fingerprint density at radius 3 is 2.73 bits per heavy atom. The van der Waals surface area contributed by atoms with E-state index in [2.05, 4.69) is 5.32 Å². The zero-order valence-corrected chi connectivity index (χ0v) is 16.8. The second kappa shape index (κ2) is 7.95. The number of esters is 2. The Morgan fingerprint density at radius 2 is 2.03 bits per heavy atom. The second-order valence-corrected chi connectivity index (χ2v) is 7.36. The molecule has 3 saturated heterocycles. The van der Waals surface area contributed by atoms with E-state index in [1.54, 1.807) is 24.3 Å². The first kappa shape index (κ1) is 20.7. The number of hydrogen-bond donors (Lipinski definition) is 1. The predicted molar refractivity (Wildman–Crippen MR) is 98.9 cm³/mol. The van der Waals surface area contributed by atoms with Crippen LogP contribution in [0.2, 0.25) is 0 Å². The topological polar surface area (TPSA) is 119 Å². The van der Waals surface area contributed by atoms with E-state index in [0.717, 1.165) is 0 Å². The van der Waals surface area contributed by atoms with Crippen LogP contribution in [0.25, 0.3) is 0 Å². The Hall–Kier alpha value is -2.53. The van der Waals surface area contributed by atoms with Gasteiger partial charge in [0.1, 0.15) is 6.61 Å². The summed E-state index contributed by atoms with van der Waals surface area (Å²) in [5.74, 6) is -4.62. The number of amides is 1. The third-order valence-electron chi connectivity index (χ3n) is 5.65. The average molecular weight is 421 g/mol. The van der Waals surface area contributed by atoms with Gasteiger partial charge in [-0.25, -0.2) is 4.79 Å². The number of ether oxygens (including phenoxy) is 6. The molecule has 3 heterocycles. The summed E-state index contributed by atoms with van der Waals surface area (Å²) < 4.78 is 32.5. The number of nitrogens with one attached hydrogen (secondary N) is 1. The van der Waals surface area contributed by atoms with Gasteiger partial charge in [-0.05, 0) is 24.1 Å². The largest absolute Gasteiger partial charge is 0.465 e. The van der Waals surface area contributed by atoms with E-state index in [-0.39, 0.29) is 18.9 Å². The normalized spacial score (nSPS) is 34.2. The van der Waals surface area contributed by atoms with E-state index in [1.807, 2.05) is 0 Å². The monoisotopic (exact) mass is 421 g/mol. The summed E-state index contributed by atoms with van der Waals surface area (Å²) in [6.45, 7) is -0.0845. The molecular weight excluding hydrogens is 398 g/mol. The van der Waals surface area contributed by atoms with E-state index < -0.39 is 48.1 Å². The highest BCUT2D eigenvalue weighted by molar-refractivity contribution is 5.91. The number of anilines is 1. The second-order valence-electron chi connectivity index (χ2n) is 7.36. The average Bonchev–Trinajstić information content (AvgIpc) is 3.25. The van der Waals surface area contributed by atoms with Crippen LogP contribution in [-0.4, -0.2) is 64.0 Å². The molecule has 0 aromatic heterocycles. The van der Waals surface area contributed by atoms with Gasteiger partial charge in [0.15, 0.2) is 12.4 Å². The molecule has 3 aliphatic rings. The summed E-state index contributed by atoms with van der Waals surface area (Å²) in [6.07, 6.45) is -2.09. The number of rotatable bonds is 6. The fraction of sp³-hybridized carbons (Fsp3) is 0.550. The Labute approximate surface area is 172 Å². The maximum absolute atomic E-state index is 12.8. The zero-order valence-electron chi connectivity index (χ0n) is 16.8. The summed E-state index contributed by atoms with van der Waals surface area (Å²) >= 11 is 0. The minimum atomic E-state index is -1.82. The standard InChI is InChI=1S/C20H23NO9/c1-25-9-14(22)21-11-6-4-5-10(7-11)13-8-12-15-16(28-17(12)23)18(26-2)30-20(15,29-13)19(24)27-3/h4-7,12-13,15-16,18H,8-9H2,1-3H3,(H,21,22)/t12-,13-,15+,16-,18-,20+/m1/s1. The van der Waals surface area contributed by atoms with Crippen LogP contribution in [0.1, 0.15) is 18.1 Å². The fourth-order valence-electron chi connectivity index (χ4n) is 4.44. The van der Waals surface area contributed by atoms with Crippen molar-refractivity contribution in [2.45, 2.75) is 30.7 Å². The molecule has 162 valence electrons. The minimum absolute atomic E-state index is 0.0845. The first-order chi connectivity index (χ1) is 14.4. The molecule has 3 aliphatic heterocycles. The highest BCUT2D eigenvalue weighted by Crippen LogP contribution is 2.56. The first-order valence-corrected chi connectivity index (χ1v) is 9.49. The molecule has 0 unspecified atom stereocenters. The highest BCUT2D eigenvalue weighted by Gasteiger charge is 2.73. The van der Waals surface area contributed by atoms with Crippen molar-refractivity contribution in [3.63, 3.8) is 0 Å². The number of carbonyl (C=O) groups is 3. The van der Waals surface area contributed by atoms with Crippen LogP contribution in [0, 0.1) is 11.8 Å². The predicted octanol–water partition coefficient (Wildman–Crippen LogP) is 0.763. The first-order valence-electron chi connectivity index (χ1n) is 9.49. The molecule has 0 spiro atoms. The van der Waals surface area contributed by atoms with Crippen LogP contribution in [0.15, 0.2) is 24.3 Å². The van der Waals surface area contributed by atoms with Gasteiger partial charge in [-0.2, -0.15) is 0 Å². The molecular formula is C20H23NO9. The lowest BCUT2D eigenvalue weighted by atomic mass is 9.77. The van der Waals surface area contributed by atoms with E-state index in [4.69, 9.17) is 28.4 Å². The van der Waals surface area contributed by atoms with Gasteiger partial charge in [0, 0.05) is 19.9 Å². The summed E-state index contributed by atoms with van der Waals surface area (Å²) in [5.41, 5.74) is 1.19. The summed E-state index contributed by atoms with van der Waals surface area (Å²) in [6, 6.07) is 6.94. The molecule has 1 aromatic rings. The van der Waals surface area contributed by atoms with Gasteiger partial charge >= 0.3 is 11.9 Å². The summed E-state index contributed by atoms with van der Waals surface area (Å²) in [7, 11) is 4.05. The van der Waals surface area contributed by atoms with E-state index in [0.29, 0.717) is 11.3 Å². The fourth-order valence-corrected chi connectivity index (χ4v) is 4.44. The Bertz CT molecular complexity index is 858. The smallest absolute Gasteiger partial charge is 0.367 e. The van der Waals surface area contributed by atoms with Gasteiger partial charge in [0.25, 0.3) is 5.79 Å². The molecule has 6 atom stereocenters. The third kappa shape index (κ3) is 3.25. The molecule has 1 aromatic carbocycles. The highest BCUT2D eigenvalue weighted by atomic mass is 16.8. The van der Waals surface area contributed by atoms with Gasteiger partial charge in [-0.1, -0.05) is 12.1 Å². The minimum Gasteiger partial charge on any atom is -0.465 e. The van der Waals surface area contributed by atoms with E-state index in [9.17, 15) is 14.4 Å². The molecule has 10 nitrogen and oxygen atoms in total. The number of carbonyl (C=O) groups excluding carboxylic acids is 3. The van der Waals surface area contributed by atoms with Crippen molar-refractivity contribution < 1.29 is 42.8 Å². The number of hydrogen-bond acceptors (Lipinski definition) is 9. The summed E-state index contributed by atoms with van der Waals surface area (Å²) in [4.78, 5) is 37.1. The Balaban J connectivity index is 1.66. The summed E-state index contributed by atoms with van der Waals surface area (Å²) in [5, 5.41) is 2.72. The molecule has 4 rings (SSSR count). The molecule has 3 fully saturated rings. The SMILES string of the molecule is COCC(=O)Nc1cccc([C@H]2C[C@H]3C(=O)O[C@H]4[C@H](OC)O[C@@](C(=O)OC)(O2)[C@H]43)c1. The van der Waals surface area contributed by atoms with Gasteiger partial charge in [-0.15, -0.1) is 0 Å². The van der Waals surface area contributed by atoms with E-state index >= 15 is 0 Å². The van der Waals surface area contributed by atoms with Crippen LogP contribution < -0.4 is 5.32 Å². The van der Waals surface area contributed by atoms with Crippen molar-refractivity contribution in [1.29, 1.82) is 0 Å². The van der Waals surface area contributed by atoms with Crippen molar-refractivity contribution in [2.24, 2.45) is 11.8 Å². The van der Waals surface area contributed by atoms with Crippen molar-refractivity contribution in [3.8, 4) is 0 Å². The lowest BCUT2D eigenvalue weighted by Crippen LogP contribution is -2.54. The molecule has 0 aliphatic carbocycles. The molecule has 10 heteroatoms. The molecule has 0 bridgehead atoms. The van der Waals surface area contributed by atoms with Crippen LogP contribution in [0.3, 0.4) is 0 Å². The van der Waals surface area contributed by atoms with Crippen LogP contribution in [0.5, 0.6) is 0 Å². The van der Waals surface area contributed by atoms with Crippen molar-refractivity contribution in [1.82, 2.24) is 0 Å².